The lowest BCUT2D eigenvalue weighted by Gasteiger charge is -2.36. The number of nitrogens with one attached hydrogen (secondary N) is 2. The van der Waals surface area contributed by atoms with E-state index in [1.165, 1.54) is 0 Å². The van der Waals surface area contributed by atoms with Crippen molar-refractivity contribution in [2.75, 3.05) is 13.1 Å². The summed E-state index contributed by atoms with van der Waals surface area (Å²) in [6.07, 6.45) is 2.90. The van der Waals surface area contributed by atoms with Crippen molar-refractivity contribution in [3.05, 3.63) is 23.7 Å². The Balaban J connectivity index is 2.03. The van der Waals surface area contributed by atoms with E-state index in [1.54, 1.807) is 0 Å². The van der Waals surface area contributed by atoms with E-state index in [0.29, 0.717) is 0 Å². The number of amides is 1. The van der Waals surface area contributed by atoms with Crippen molar-refractivity contribution in [1.82, 2.24) is 10.6 Å². The molecule has 1 aliphatic rings. The van der Waals surface area contributed by atoms with Crippen molar-refractivity contribution in [2.45, 2.75) is 46.1 Å². The zero-order valence-electron chi connectivity index (χ0n) is 12.1. The highest BCUT2D eigenvalue weighted by Gasteiger charge is 2.38. The second kappa shape index (κ2) is 5.78. The predicted molar refractivity (Wildman–Crippen MR) is 74.8 cm³/mol. The van der Waals surface area contributed by atoms with Crippen LogP contribution in [-0.2, 0) is 4.79 Å². The number of piperidine rings is 1. The van der Waals surface area contributed by atoms with Gasteiger partial charge >= 0.3 is 0 Å². The molecule has 106 valence electrons. The number of carbonyl (C=O) groups is 1. The first kappa shape index (κ1) is 14.1. The van der Waals surface area contributed by atoms with E-state index in [2.05, 4.69) is 17.6 Å². The van der Waals surface area contributed by atoms with Crippen LogP contribution in [0.15, 0.2) is 16.5 Å². The monoisotopic (exact) mass is 264 g/mol. The first-order valence-electron chi connectivity index (χ1n) is 7.15. The summed E-state index contributed by atoms with van der Waals surface area (Å²) in [5.74, 6) is 1.84. The second-order valence-corrected chi connectivity index (χ2v) is 5.56. The molecular formula is C15H24N2O2. The molecule has 1 fully saturated rings. The molecule has 1 aliphatic heterocycles. The molecule has 0 spiro atoms. The van der Waals surface area contributed by atoms with Gasteiger partial charge in [0.15, 0.2) is 0 Å². The predicted octanol–water partition coefficient (Wildman–Crippen LogP) is 2.55. The summed E-state index contributed by atoms with van der Waals surface area (Å²) in [4.78, 5) is 12.5. The minimum Gasteiger partial charge on any atom is -0.464 e. The Kier molecular flexibility index (Phi) is 4.30. The van der Waals surface area contributed by atoms with Crippen LogP contribution in [-0.4, -0.2) is 19.0 Å². The topological polar surface area (TPSA) is 54.3 Å². The van der Waals surface area contributed by atoms with Crippen LogP contribution in [0.4, 0.5) is 0 Å². The van der Waals surface area contributed by atoms with Gasteiger partial charge in [0.05, 0.1) is 11.5 Å². The number of carbonyl (C=O) groups excluding carboxylic acids is 1. The maximum Gasteiger partial charge on any atom is 0.228 e. The van der Waals surface area contributed by atoms with E-state index in [0.717, 1.165) is 43.9 Å². The smallest absolute Gasteiger partial charge is 0.228 e. The van der Waals surface area contributed by atoms with Crippen molar-refractivity contribution >= 4 is 5.91 Å². The highest BCUT2D eigenvalue weighted by atomic mass is 16.3. The van der Waals surface area contributed by atoms with E-state index >= 15 is 0 Å². The van der Waals surface area contributed by atoms with E-state index in [1.807, 2.05) is 26.0 Å². The summed E-state index contributed by atoms with van der Waals surface area (Å²) in [5, 5.41) is 6.44. The highest BCUT2D eigenvalue weighted by molar-refractivity contribution is 5.83. The van der Waals surface area contributed by atoms with Crippen LogP contribution in [0.25, 0.3) is 0 Å². The Morgan fingerprint density at radius 2 is 2.37 bits per heavy atom. The number of hydrogen-bond donors (Lipinski definition) is 2. The fourth-order valence-corrected chi connectivity index (χ4v) is 2.73. The van der Waals surface area contributed by atoms with Gasteiger partial charge in [-0.3, -0.25) is 4.79 Å². The number of furan rings is 1. The molecule has 0 saturated carbocycles. The minimum absolute atomic E-state index is 0.0773. The van der Waals surface area contributed by atoms with Crippen LogP contribution in [0.5, 0.6) is 0 Å². The Morgan fingerprint density at radius 3 is 2.89 bits per heavy atom. The average molecular weight is 264 g/mol. The van der Waals surface area contributed by atoms with Crippen molar-refractivity contribution < 1.29 is 9.21 Å². The first-order valence-corrected chi connectivity index (χ1v) is 7.15. The summed E-state index contributed by atoms with van der Waals surface area (Å²) in [7, 11) is 0. The molecule has 2 atom stereocenters. The van der Waals surface area contributed by atoms with Gasteiger partial charge in [-0.15, -0.1) is 0 Å². The molecule has 1 amide bonds. The van der Waals surface area contributed by atoms with E-state index in [4.69, 9.17) is 4.42 Å². The molecule has 2 heterocycles. The fourth-order valence-electron chi connectivity index (χ4n) is 2.73. The third kappa shape index (κ3) is 3.00. The standard InChI is InChI=1S/C15H24N2O2/c1-4-15(8-5-9-16-10-15)14(18)17-12(3)13-7-6-11(2)19-13/h6-7,12,16H,4-5,8-10H2,1-3H3,(H,17,18). The van der Waals surface area contributed by atoms with Crippen molar-refractivity contribution in [3.8, 4) is 0 Å². The molecule has 0 bridgehead atoms. The molecule has 0 radical (unpaired) electrons. The van der Waals surface area contributed by atoms with Crippen LogP contribution in [0.1, 0.15) is 50.7 Å². The quantitative estimate of drug-likeness (QED) is 0.878. The van der Waals surface area contributed by atoms with Crippen LogP contribution in [0, 0.1) is 12.3 Å². The maximum atomic E-state index is 12.5. The SMILES string of the molecule is CCC1(C(=O)NC(C)c2ccc(C)o2)CCCNC1. The Morgan fingerprint density at radius 1 is 1.58 bits per heavy atom. The Bertz CT molecular complexity index is 433. The molecule has 1 saturated heterocycles. The van der Waals surface area contributed by atoms with Gasteiger partial charge in [-0.05, 0) is 51.8 Å². The van der Waals surface area contributed by atoms with Crippen LogP contribution >= 0.6 is 0 Å². The third-order valence-corrected chi connectivity index (χ3v) is 4.17. The molecule has 2 unspecified atom stereocenters. The molecule has 4 heteroatoms. The van der Waals surface area contributed by atoms with E-state index in [-0.39, 0.29) is 17.4 Å². The van der Waals surface area contributed by atoms with Crippen molar-refractivity contribution in [1.29, 1.82) is 0 Å². The largest absolute Gasteiger partial charge is 0.464 e. The molecule has 1 aromatic rings. The lowest BCUT2D eigenvalue weighted by molar-refractivity contribution is -0.133. The maximum absolute atomic E-state index is 12.5. The molecular weight excluding hydrogens is 240 g/mol. The summed E-state index contributed by atoms with van der Waals surface area (Å²) in [5.41, 5.74) is -0.256. The van der Waals surface area contributed by atoms with Crippen LogP contribution < -0.4 is 10.6 Å². The highest BCUT2D eigenvalue weighted by Crippen LogP contribution is 2.31. The average Bonchev–Trinajstić information content (AvgIpc) is 2.86. The summed E-state index contributed by atoms with van der Waals surface area (Å²) in [6, 6.07) is 3.78. The van der Waals surface area contributed by atoms with E-state index < -0.39 is 0 Å². The van der Waals surface area contributed by atoms with Gasteiger partial charge in [0.25, 0.3) is 0 Å². The zero-order chi connectivity index (χ0) is 13.9. The van der Waals surface area contributed by atoms with Gasteiger partial charge in [-0.25, -0.2) is 0 Å². The minimum atomic E-state index is -0.256. The van der Waals surface area contributed by atoms with Crippen molar-refractivity contribution in [3.63, 3.8) is 0 Å². The van der Waals surface area contributed by atoms with Crippen LogP contribution in [0.2, 0.25) is 0 Å². The summed E-state index contributed by atoms with van der Waals surface area (Å²) in [6.45, 7) is 7.77. The molecule has 0 aromatic carbocycles. The van der Waals surface area contributed by atoms with E-state index in [9.17, 15) is 4.79 Å². The summed E-state index contributed by atoms with van der Waals surface area (Å²) >= 11 is 0. The van der Waals surface area contributed by atoms with Gasteiger partial charge in [0, 0.05) is 6.54 Å². The fraction of sp³-hybridized carbons (Fsp3) is 0.667. The summed E-state index contributed by atoms with van der Waals surface area (Å²) < 4.78 is 5.57. The van der Waals surface area contributed by atoms with Gasteiger partial charge in [0.2, 0.25) is 5.91 Å². The number of hydrogen-bond acceptors (Lipinski definition) is 3. The van der Waals surface area contributed by atoms with Gasteiger partial charge < -0.3 is 15.1 Å². The number of rotatable bonds is 4. The Labute approximate surface area is 114 Å². The lowest BCUT2D eigenvalue weighted by Crippen LogP contribution is -2.50. The van der Waals surface area contributed by atoms with Gasteiger partial charge in [-0.1, -0.05) is 6.92 Å². The van der Waals surface area contributed by atoms with Crippen LogP contribution in [0.3, 0.4) is 0 Å². The molecule has 2 rings (SSSR count). The molecule has 19 heavy (non-hydrogen) atoms. The molecule has 2 N–H and O–H groups in total. The second-order valence-electron chi connectivity index (χ2n) is 5.56. The van der Waals surface area contributed by atoms with Gasteiger partial charge in [0.1, 0.15) is 11.5 Å². The lowest BCUT2D eigenvalue weighted by atomic mass is 9.77. The third-order valence-electron chi connectivity index (χ3n) is 4.17. The molecule has 4 nitrogen and oxygen atoms in total. The normalized spacial score (nSPS) is 25.0. The first-order chi connectivity index (χ1) is 9.07. The molecule has 0 aliphatic carbocycles. The number of aryl methyl sites for hydroxylation is 1. The zero-order valence-corrected chi connectivity index (χ0v) is 12.1. The molecule has 1 aromatic heterocycles. The Hall–Kier alpha value is -1.29. The van der Waals surface area contributed by atoms with Crippen molar-refractivity contribution in [2.24, 2.45) is 5.41 Å². The van der Waals surface area contributed by atoms with Gasteiger partial charge in [-0.2, -0.15) is 0 Å².